The molecule has 1 heterocycles. The fraction of sp³-hybridized carbons (Fsp3) is 0.368. The third-order valence-electron chi connectivity index (χ3n) is 4.50. The summed E-state index contributed by atoms with van der Waals surface area (Å²) in [5, 5.41) is 0.678. The van der Waals surface area contributed by atoms with Crippen LogP contribution < -0.4 is 4.90 Å². The largest absolute Gasteiger partial charge is 0.280 e. The molecular formula is C19H23N3O3S2. The van der Waals surface area contributed by atoms with Gasteiger partial charge in [0, 0.05) is 31.1 Å². The number of hydrogen-bond acceptors (Lipinski definition) is 5. The Morgan fingerprint density at radius 1 is 1.22 bits per heavy atom. The summed E-state index contributed by atoms with van der Waals surface area (Å²) in [6.07, 6.45) is 5.93. The number of anilines is 1. The van der Waals surface area contributed by atoms with Crippen molar-refractivity contribution in [1.29, 1.82) is 0 Å². The van der Waals surface area contributed by atoms with E-state index in [0.29, 0.717) is 17.2 Å². The van der Waals surface area contributed by atoms with Gasteiger partial charge in [0.05, 0.1) is 10.6 Å². The van der Waals surface area contributed by atoms with Crippen LogP contribution in [-0.4, -0.2) is 44.3 Å². The van der Waals surface area contributed by atoms with Gasteiger partial charge in [-0.2, -0.15) is 0 Å². The highest BCUT2D eigenvalue weighted by molar-refractivity contribution is 7.89. The zero-order valence-corrected chi connectivity index (χ0v) is 17.1. The number of rotatable bonds is 6. The fourth-order valence-corrected chi connectivity index (χ4v) is 5.02. The molecule has 3 rings (SSSR count). The normalized spacial score (nSPS) is 14.0. The number of carbonyl (C=O) groups is 1. The van der Waals surface area contributed by atoms with Crippen LogP contribution >= 0.6 is 11.3 Å². The molecule has 0 saturated carbocycles. The smallest absolute Gasteiger partial charge is 0.260 e. The van der Waals surface area contributed by atoms with Crippen molar-refractivity contribution in [2.24, 2.45) is 0 Å². The van der Waals surface area contributed by atoms with Crippen molar-refractivity contribution < 1.29 is 13.2 Å². The third-order valence-corrected chi connectivity index (χ3v) is 7.51. The Balaban J connectivity index is 1.89. The quantitative estimate of drug-likeness (QED) is 0.693. The average molecular weight is 406 g/mol. The summed E-state index contributed by atoms with van der Waals surface area (Å²) in [6, 6.07) is 6.01. The molecular weight excluding hydrogens is 382 g/mol. The summed E-state index contributed by atoms with van der Waals surface area (Å²) < 4.78 is 25.5. The maximum absolute atomic E-state index is 13.0. The lowest BCUT2D eigenvalue weighted by Gasteiger charge is -2.18. The van der Waals surface area contributed by atoms with Crippen molar-refractivity contribution in [2.45, 2.75) is 30.6 Å². The minimum absolute atomic E-state index is 0.157. The molecule has 0 saturated heterocycles. The summed E-state index contributed by atoms with van der Waals surface area (Å²) in [6.45, 7) is 4.10. The molecule has 1 aliphatic rings. The van der Waals surface area contributed by atoms with Gasteiger partial charge in [0.2, 0.25) is 10.0 Å². The third kappa shape index (κ3) is 3.97. The van der Waals surface area contributed by atoms with Gasteiger partial charge in [-0.3, -0.25) is 9.69 Å². The lowest BCUT2D eigenvalue weighted by molar-refractivity contribution is 0.0989. The molecule has 0 spiro atoms. The summed E-state index contributed by atoms with van der Waals surface area (Å²) in [4.78, 5) is 20.7. The Morgan fingerprint density at radius 2 is 1.89 bits per heavy atom. The molecule has 0 atom stereocenters. The van der Waals surface area contributed by atoms with Gasteiger partial charge in [0.15, 0.2) is 5.13 Å². The van der Waals surface area contributed by atoms with Crippen molar-refractivity contribution in [2.75, 3.05) is 25.5 Å². The zero-order valence-electron chi connectivity index (χ0n) is 15.5. The van der Waals surface area contributed by atoms with E-state index in [2.05, 4.69) is 11.6 Å². The summed E-state index contributed by atoms with van der Waals surface area (Å²) in [5.74, 6) is -0.213. The van der Waals surface area contributed by atoms with Crippen LogP contribution in [0.4, 0.5) is 5.13 Å². The topological polar surface area (TPSA) is 70.6 Å². The number of sulfonamides is 1. The molecule has 6 nitrogen and oxygen atoms in total. The van der Waals surface area contributed by atoms with Crippen LogP contribution in [0.5, 0.6) is 0 Å². The summed E-state index contributed by atoms with van der Waals surface area (Å²) >= 11 is 1.56. The van der Waals surface area contributed by atoms with Crippen molar-refractivity contribution in [3.8, 4) is 0 Å². The molecule has 2 aromatic rings. The first-order chi connectivity index (χ1) is 12.8. The van der Waals surface area contributed by atoms with Crippen LogP contribution in [0.25, 0.3) is 0 Å². The molecule has 8 heteroatoms. The molecule has 1 amide bonds. The van der Waals surface area contributed by atoms with Gasteiger partial charge in [-0.25, -0.2) is 17.7 Å². The number of aryl methyl sites for hydroxylation is 2. The molecule has 27 heavy (non-hydrogen) atoms. The predicted molar refractivity (Wildman–Crippen MR) is 108 cm³/mol. The van der Waals surface area contributed by atoms with Gasteiger partial charge in [0.1, 0.15) is 0 Å². The average Bonchev–Trinajstić information content (AvgIpc) is 3.09. The van der Waals surface area contributed by atoms with E-state index in [-0.39, 0.29) is 10.8 Å². The van der Waals surface area contributed by atoms with Crippen molar-refractivity contribution in [1.82, 2.24) is 9.29 Å². The number of fused-ring (bicyclic) bond motifs is 1. The van der Waals surface area contributed by atoms with Crippen LogP contribution in [0, 0.1) is 0 Å². The summed E-state index contributed by atoms with van der Waals surface area (Å²) in [7, 11) is -0.569. The number of thiazole rings is 1. The molecule has 1 aliphatic carbocycles. The molecule has 1 aromatic heterocycles. The molecule has 144 valence electrons. The highest BCUT2D eigenvalue weighted by atomic mass is 32.2. The van der Waals surface area contributed by atoms with E-state index < -0.39 is 10.0 Å². The first-order valence-corrected chi connectivity index (χ1v) is 11.0. The highest BCUT2D eigenvalue weighted by Gasteiger charge is 2.24. The second-order valence-corrected chi connectivity index (χ2v) is 9.80. The van der Waals surface area contributed by atoms with Crippen molar-refractivity contribution in [3.05, 3.63) is 53.1 Å². The van der Waals surface area contributed by atoms with E-state index >= 15 is 0 Å². The minimum Gasteiger partial charge on any atom is -0.280 e. The van der Waals surface area contributed by atoms with E-state index in [9.17, 15) is 13.2 Å². The monoisotopic (exact) mass is 405 g/mol. The van der Waals surface area contributed by atoms with Gasteiger partial charge < -0.3 is 0 Å². The predicted octanol–water partition coefficient (Wildman–Crippen LogP) is 3.11. The van der Waals surface area contributed by atoms with Crippen molar-refractivity contribution >= 4 is 32.4 Å². The van der Waals surface area contributed by atoms with Gasteiger partial charge in [-0.1, -0.05) is 6.08 Å². The molecule has 0 unspecified atom stereocenters. The van der Waals surface area contributed by atoms with Crippen LogP contribution in [0.2, 0.25) is 0 Å². The molecule has 0 bridgehead atoms. The molecule has 0 radical (unpaired) electrons. The Bertz CT molecular complexity index is 924. The number of nitrogens with zero attached hydrogens (tertiary/aromatic N) is 3. The van der Waals surface area contributed by atoms with Gasteiger partial charge >= 0.3 is 0 Å². The van der Waals surface area contributed by atoms with Gasteiger partial charge in [0.25, 0.3) is 5.91 Å². The number of hydrogen-bond donors (Lipinski definition) is 0. The van der Waals surface area contributed by atoms with E-state index in [1.54, 1.807) is 34.4 Å². The Kier molecular flexibility index (Phi) is 5.78. The number of carbonyl (C=O) groups excluding carboxylic acids is 1. The first kappa shape index (κ1) is 19.7. The van der Waals surface area contributed by atoms with E-state index in [1.165, 1.54) is 31.1 Å². The SMILES string of the molecule is C=CCN(C(=O)c1ccc(S(=O)(=O)N(C)C)cc1)c1nc2c(s1)CCCC2. The van der Waals surface area contributed by atoms with E-state index in [1.807, 2.05) is 0 Å². The summed E-state index contributed by atoms with van der Waals surface area (Å²) in [5.41, 5.74) is 1.51. The zero-order chi connectivity index (χ0) is 19.6. The van der Waals surface area contributed by atoms with Crippen LogP contribution in [0.15, 0.2) is 41.8 Å². The molecule has 0 fully saturated rings. The number of amides is 1. The first-order valence-electron chi connectivity index (χ1n) is 8.78. The highest BCUT2D eigenvalue weighted by Crippen LogP contribution is 2.32. The van der Waals surface area contributed by atoms with Crippen LogP contribution in [-0.2, 0) is 22.9 Å². The van der Waals surface area contributed by atoms with Gasteiger partial charge in [-0.05, 0) is 49.9 Å². The number of benzene rings is 1. The Hall–Kier alpha value is -2.03. The molecule has 0 aliphatic heterocycles. The second kappa shape index (κ2) is 7.92. The molecule has 0 N–H and O–H groups in total. The van der Waals surface area contributed by atoms with Crippen LogP contribution in [0.3, 0.4) is 0 Å². The standard InChI is InChI=1S/C19H23N3O3S2/c1-4-13-22(19-20-16-7-5-6-8-17(16)26-19)18(23)14-9-11-15(12-10-14)27(24,25)21(2)3/h4,9-12H,1,5-8,13H2,2-3H3. The van der Waals surface area contributed by atoms with E-state index in [4.69, 9.17) is 0 Å². The van der Waals surface area contributed by atoms with Crippen molar-refractivity contribution in [3.63, 3.8) is 0 Å². The number of aromatic nitrogens is 1. The Labute approximate surface area is 164 Å². The van der Waals surface area contributed by atoms with E-state index in [0.717, 1.165) is 35.7 Å². The van der Waals surface area contributed by atoms with Gasteiger partial charge in [-0.15, -0.1) is 17.9 Å². The maximum Gasteiger partial charge on any atom is 0.260 e. The lowest BCUT2D eigenvalue weighted by atomic mass is 10.0. The van der Waals surface area contributed by atoms with Crippen LogP contribution in [0.1, 0.15) is 33.8 Å². The second-order valence-electron chi connectivity index (χ2n) is 6.59. The molecule has 1 aromatic carbocycles. The lowest BCUT2D eigenvalue weighted by Crippen LogP contribution is -2.31. The Morgan fingerprint density at radius 3 is 2.48 bits per heavy atom. The fourth-order valence-electron chi connectivity index (χ4n) is 2.97. The minimum atomic E-state index is -3.52. The maximum atomic E-state index is 13.0.